The molecule has 0 saturated heterocycles. The molecule has 1 aliphatic heterocycles. The van der Waals surface area contributed by atoms with E-state index >= 15 is 0 Å². The first kappa shape index (κ1) is 22.8. The van der Waals surface area contributed by atoms with Gasteiger partial charge in [-0.25, -0.2) is 4.79 Å². The van der Waals surface area contributed by atoms with Crippen LogP contribution in [-0.2, 0) is 24.8 Å². The summed E-state index contributed by atoms with van der Waals surface area (Å²) in [6.45, 7) is 8.63. The molecule has 1 aromatic carbocycles. The summed E-state index contributed by atoms with van der Waals surface area (Å²) in [4.78, 5) is 27.4. The van der Waals surface area contributed by atoms with E-state index in [1.54, 1.807) is 21.7 Å². The molecule has 0 radical (unpaired) electrons. The van der Waals surface area contributed by atoms with E-state index in [-0.39, 0.29) is 11.7 Å². The van der Waals surface area contributed by atoms with Gasteiger partial charge in [-0.05, 0) is 58.0 Å². The van der Waals surface area contributed by atoms with Crippen LogP contribution in [0, 0.1) is 6.92 Å². The zero-order valence-corrected chi connectivity index (χ0v) is 20.7. The zero-order valence-electron chi connectivity index (χ0n) is 20.7. The van der Waals surface area contributed by atoms with Crippen LogP contribution >= 0.6 is 0 Å². The number of benzene rings is 1. The average molecular weight is 472 g/mol. The van der Waals surface area contributed by atoms with Crippen molar-refractivity contribution in [2.45, 2.75) is 46.3 Å². The lowest BCUT2D eigenvalue weighted by atomic mass is 10.0. The first-order chi connectivity index (χ1) is 16.6. The summed E-state index contributed by atoms with van der Waals surface area (Å²) in [5.41, 5.74) is 5.71. The molecule has 5 rings (SSSR count). The van der Waals surface area contributed by atoms with Crippen LogP contribution in [-0.4, -0.2) is 42.5 Å². The van der Waals surface area contributed by atoms with Gasteiger partial charge in [-0.15, -0.1) is 0 Å². The van der Waals surface area contributed by atoms with Gasteiger partial charge in [0.15, 0.2) is 0 Å². The summed E-state index contributed by atoms with van der Waals surface area (Å²) in [5.74, 6) is 0. The molecule has 4 heterocycles. The number of carbonyl (C=O) groups is 1. The number of hydrogen-bond donors (Lipinski definition) is 0. The summed E-state index contributed by atoms with van der Waals surface area (Å²) in [6.07, 6.45) is 2.23. The van der Waals surface area contributed by atoms with E-state index in [9.17, 15) is 9.59 Å². The minimum Gasteiger partial charge on any atom is -0.444 e. The summed E-state index contributed by atoms with van der Waals surface area (Å²) >= 11 is 0. The maximum atomic E-state index is 13.0. The second-order valence-corrected chi connectivity index (χ2v) is 10.0. The summed E-state index contributed by atoms with van der Waals surface area (Å²) in [5, 5.41) is 9.34. The minimum absolute atomic E-state index is 0.140. The maximum Gasteiger partial charge on any atom is 0.410 e. The highest BCUT2D eigenvalue weighted by molar-refractivity contribution is 5.88. The molecule has 0 unspecified atom stereocenters. The van der Waals surface area contributed by atoms with Gasteiger partial charge >= 0.3 is 6.09 Å². The highest BCUT2D eigenvalue weighted by Gasteiger charge is 2.29. The van der Waals surface area contributed by atoms with Gasteiger partial charge in [0.2, 0.25) is 0 Å². The van der Waals surface area contributed by atoms with Gasteiger partial charge in [0.25, 0.3) is 5.56 Å². The van der Waals surface area contributed by atoms with E-state index in [0.29, 0.717) is 18.8 Å². The molecular formula is C27H29N5O3. The monoisotopic (exact) mass is 471 g/mol. The summed E-state index contributed by atoms with van der Waals surface area (Å²) < 4.78 is 9.38. The molecule has 4 aromatic rings. The Morgan fingerprint density at radius 1 is 1.06 bits per heavy atom. The number of pyridine rings is 1. The molecule has 180 valence electrons. The molecule has 8 heteroatoms. The molecule has 0 fully saturated rings. The average Bonchev–Trinajstić information content (AvgIpc) is 3.09. The largest absolute Gasteiger partial charge is 0.444 e. The number of aromatic nitrogens is 4. The lowest BCUT2D eigenvalue weighted by Crippen LogP contribution is -2.40. The number of amides is 1. The zero-order chi connectivity index (χ0) is 24.9. The third-order valence-corrected chi connectivity index (χ3v) is 6.33. The molecule has 35 heavy (non-hydrogen) atoms. The van der Waals surface area contributed by atoms with E-state index in [1.807, 2.05) is 71.1 Å². The first-order valence-corrected chi connectivity index (χ1v) is 11.7. The van der Waals surface area contributed by atoms with Crippen molar-refractivity contribution in [1.82, 2.24) is 24.2 Å². The van der Waals surface area contributed by atoms with Crippen LogP contribution in [0.4, 0.5) is 4.79 Å². The lowest BCUT2D eigenvalue weighted by Gasteiger charge is -2.30. The van der Waals surface area contributed by atoms with Crippen molar-refractivity contribution in [2.24, 2.45) is 7.05 Å². The summed E-state index contributed by atoms with van der Waals surface area (Å²) in [7, 11) is 2.04. The Kier molecular flexibility index (Phi) is 5.46. The number of ether oxygens (including phenoxy) is 1. The van der Waals surface area contributed by atoms with Gasteiger partial charge in [-0.3, -0.25) is 9.36 Å². The van der Waals surface area contributed by atoms with E-state index in [4.69, 9.17) is 4.74 Å². The lowest BCUT2D eigenvalue weighted by molar-refractivity contribution is 0.0223. The second kappa shape index (κ2) is 8.37. The molecule has 1 aliphatic rings. The Balaban J connectivity index is 1.48. The topological polar surface area (TPSA) is 82.3 Å². The Morgan fingerprint density at radius 2 is 1.86 bits per heavy atom. The molecule has 0 saturated carbocycles. The highest BCUT2D eigenvalue weighted by atomic mass is 16.6. The van der Waals surface area contributed by atoms with E-state index in [0.717, 1.165) is 39.8 Å². The van der Waals surface area contributed by atoms with Gasteiger partial charge in [-0.1, -0.05) is 6.07 Å². The fourth-order valence-electron chi connectivity index (χ4n) is 4.60. The predicted molar refractivity (Wildman–Crippen MR) is 135 cm³/mol. The SMILES string of the molecule is Cc1ccc(-c2ccn(-c3ccc4c5c(n(C)c4c3)CCN(C(=O)OC(C)(C)C)C5)c(=O)c2)nn1. The third-order valence-electron chi connectivity index (χ3n) is 6.33. The van der Waals surface area contributed by atoms with Crippen LogP contribution in [0.2, 0.25) is 0 Å². The number of fused-ring (bicyclic) bond motifs is 3. The maximum absolute atomic E-state index is 13.0. The number of aryl methyl sites for hydroxylation is 2. The fourth-order valence-corrected chi connectivity index (χ4v) is 4.60. The van der Waals surface area contributed by atoms with Gasteiger partial charge in [0.1, 0.15) is 5.60 Å². The highest BCUT2D eigenvalue weighted by Crippen LogP contribution is 2.32. The smallest absolute Gasteiger partial charge is 0.410 e. The van der Waals surface area contributed by atoms with Crippen LogP contribution in [0.25, 0.3) is 27.8 Å². The number of nitrogens with zero attached hydrogens (tertiary/aromatic N) is 5. The Labute approximate surface area is 203 Å². The van der Waals surface area contributed by atoms with Gasteiger partial charge < -0.3 is 14.2 Å². The number of rotatable bonds is 2. The van der Waals surface area contributed by atoms with Crippen molar-refractivity contribution in [1.29, 1.82) is 0 Å². The van der Waals surface area contributed by atoms with Crippen LogP contribution in [0.3, 0.4) is 0 Å². The molecule has 0 spiro atoms. The molecule has 0 N–H and O–H groups in total. The quantitative estimate of drug-likeness (QED) is 0.433. The van der Waals surface area contributed by atoms with Crippen molar-refractivity contribution >= 4 is 17.0 Å². The van der Waals surface area contributed by atoms with Crippen LogP contribution in [0.15, 0.2) is 53.5 Å². The van der Waals surface area contributed by atoms with Crippen molar-refractivity contribution in [3.63, 3.8) is 0 Å². The third kappa shape index (κ3) is 4.32. The molecule has 0 aliphatic carbocycles. The van der Waals surface area contributed by atoms with E-state index < -0.39 is 5.60 Å². The van der Waals surface area contributed by atoms with Gasteiger partial charge in [-0.2, -0.15) is 10.2 Å². The molecule has 0 atom stereocenters. The summed E-state index contributed by atoms with van der Waals surface area (Å²) in [6, 6.07) is 13.2. The standard InChI is InChI=1S/C27H29N5O3/c1-17-6-9-22(29-28-17)18-10-13-32(25(33)14-18)19-7-8-20-21-16-31(26(34)35-27(2,3)4)12-11-23(21)30(5)24(20)15-19/h6-10,13-15H,11-12,16H2,1-5H3. The molecule has 8 nitrogen and oxygen atoms in total. The second-order valence-electron chi connectivity index (χ2n) is 10.0. The first-order valence-electron chi connectivity index (χ1n) is 11.7. The van der Waals surface area contributed by atoms with Gasteiger partial charge in [0.05, 0.1) is 29.1 Å². The van der Waals surface area contributed by atoms with Crippen molar-refractivity contribution < 1.29 is 9.53 Å². The van der Waals surface area contributed by atoms with Crippen LogP contribution in [0.1, 0.15) is 37.7 Å². The van der Waals surface area contributed by atoms with E-state index in [2.05, 4.69) is 14.8 Å². The van der Waals surface area contributed by atoms with Gasteiger partial charge in [0, 0.05) is 54.5 Å². The molecule has 1 amide bonds. The van der Waals surface area contributed by atoms with Crippen LogP contribution < -0.4 is 5.56 Å². The van der Waals surface area contributed by atoms with Crippen molar-refractivity contribution in [3.05, 3.63) is 76.0 Å². The van der Waals surface area contributed by atoms with E-state index in [1.165, 1.54) is 5.69 Å². The normalized spacial score (nSPS) is 13.7. The Morgan fingerprint density at radius 3 is 2.54 bits per heavy atom. The fraction of sp³-hybridized carbons (Fsp3) is 0.333. The number of carbonyl (C=O) groups excluding carboxylic acids is 1. The molecule has 0 bridgehead atoms. The predicted octanol–water partition coefficient (Wildman–Crippen LogP) is 4.39. The molecule has 3 aromatic heterocycles. The minimum atomic E-state index is -0.528. The Bertz CT molecular complexity index is 1490. The van der Waals surface area contributed by atoms with Crippen LogP contribution in [0.5, 0.6) is 0 Å². The number of hydrogen-bond acceptors (Lipinski definition) is 5. The molecular weight excluding hydrogens is 442 g/mol. The van der Waals surface area contributed by atoms with Crippen molar-refractivity contribution in [3.8, 4) is 16.9 Å². The Hall–Kier alpha value is -3.94. The van der Waals surface area contributed by atoms with Crippen molar-refractivity contribution in [2.75, 3.05) is 6.54 Å².